The van der Waals surface area contributed by atoms with Gasteiger partial charge in [-0.25, -0.2) is 0 Å². The fourth-order valence-corrected chi connectivity index (χ4v) is 2.14. The zero-order chi connectivity index (χ0) is 13.9. The monoisotopic (exact) mass is 333 g/mol. The second-order valence-electron chi connectivity index (χ2n) is 5.80. The van der Waals surface area contributed by atoms with E-state index in [2.05, 4.69) is 21.1 Å². The first-order valence-corrected chi connectivity index (χ1v) is 6.45. The van der Waals surface area contributed by atoms with E-state index in [-0.39, 0.29) is 22.8 Å². The highest BCUT2D eigenvalue weighted by Crippen LogP contribution is 2.17. The fraction of sp³-hybridized carbons (Fsp3) is 0.235. The topological polar surface area (TPSA) is 17.1 Å². The number of carbonyl (C=O) groups is 1. The van der Waals surface area contributed by atoms with Crippen LogP contribution in [-0.4, -0.2) is 31.4 Å². The third kappa shape index (κ3) is 4.29. The lowest BCUT2D eigenvalue weighted by Gasteiger charge is -2.25. The molecule has 0 radical (unpaired) electrons. The van der Waals surface area contributed by atoms with Crippen molar-refractivity contribution in [2.24, 2.45) is 0 Å². The van der Waals surface area contributed by atoms with Gasteiger partial charge in [0.2, 0.25) is 0 Å². The normalized spacial score (nSPS) is 10.8. The molecule has 0 saturated heterocycles. The zero-order valence-corrected chi connectivity index (χ0v) is 13.7. The minimum atomic E-state index is 0. The van der Waals surface area contributed by atoms with Crippen LogP contribution >= 0.6 is 0 Å². The van der Waals surface area contributed by atoms with Crippen molar-refractivity contribution in [3.8, 4) is 0 Å². The van der Waals surface area contributed by atoms with Crippen LogP contribution in [0, 0.1) is 0 Å². The second kappa shape index (κ2) is 6.82. The van der Waals surface area contributed by atoms with E-state index >= 15 is 0 Å². The van der Waals surface area contributed by atoms with Crippen LogP contribution < -0.4 is 17.0 Å². The zero-order valence-electron chi connectivity index (χ0n) is 12.1. The van der Waals surface area contributed by atoms with Crippen LogP contribution in [0.1, 0.15) is 21.5 Å². The molecule has 2 aromatic rings. The van der Waals surface area contributed by atoms with Crippen molar-refractivity contribution in [2.75, 3.05) is 21.1 Å². The molecule has 0 bridgehead atoms. The number of nitrogens with zero attached hydrogens (tertiary/aromatic N) is 1. The maximum atomic E-state index is 12.5. The molecule has 20 heavy (non-hydrogen) atoms. The fourth-order valence-electron chi connectivity index (χ4n) is 2.14. The van der Waals surface area contributed by atoms with Crippen LogP contribution in [0.3, 0.4) is 0 Å². The lowest BCUT2D eigenvalue weighted by Crippen LogP contribution is -3.00. The number of hydrogen-bond donors (Lipinski definition) is 0. The van der Waals surface area contributed by atoms with E-state index < -0.39 is 0 Å². The number of carbonyl (C=O) groups excluding carboxylic acids is 1. The molecule has 0 spiro atoms. The Bertz CT molecular complexity index is 573. The molecule has 0 aromatic heterocycles. The average Bonchev–Trinajstić information content (AvgIpc) is 2.38. The quantitative estimate of drug-likeness (QED) is 0.574. The molecule has 0 heterocycles. The standard InChI is InChI=1S/C17H20NO.BrH/c1-18(2,3)13-15-11-7-8-12-16(15)17(19)14-9-5-4-6-10-14;/h4-12H,13H2,1-3H3;1H/q+1;/p-1. The van der Waals surface area contributed by atoms with Crippen LogP contribution in [-0.2, 0) is 6.54 Å². The van der Waals surface area contributed by atoms with Gasteiger partial charge in [-0.15, -0.1) is 0 Å². The van der Waals surface area contributed by atoms with Gasteiger partial charge in [0.25, 0.3) is 0 Å². The number of ketones is 1. The molecule has 0 fully saturated rings. The van der Waals surface area contributed by atoms with Gasteiger partial charge in [0.1, 0.15) is 6.54 Å². The van der Waals surface area contributed by atoms with Crippen molar-refractivity contribution < 1.29 is 26.3 Å². The van der Waals surface area contributed by atoms with Crippen molar-refractivity contribution in [3.05, 3.63) is 71.3 Å². The van der Waals surface area contributed by atoms with Gasteiger partial charge in [-0.2, -0.15) is 0 Å². The van der Waals surface area contributed by atoms with E-state index in [9.17, 15) is 4.79 Å². The minimum absolute atomic E-state index is 0. The summed E-state index contributed by atoms with van der Waals surface area (Å²) >= 11 is 0. The summed E-state index contributed by atoms with van der Waals surface area (Å²) in [6, 6.07) is 17.3. The Hall–Kier alpha value is -1.45. The molecule has 0 amide bonds. The van der Waals surface area contributed by atoms with Crippen molar-refractivity contribution >= 4 is 5.78 Å². The predicted octanol–water partition coefficient (Wildman–Crippen LogP) is 0.128. The van der Waals surface area contributed by atoms with Crippen molar-refractivity contribution in [3.63, 3.8) is 0 Å². The van der Waals surface area contributed by atoms with Gasteiger partial charge < -0.3 is 21.5 Å². The van der Waals surface area contributed by atoms with Gasteiger partial charge in [0, 0.05) is 16.7 Å². The lowest BCUT2D eigenvalue weighted by molar-refractivity contribution is -0.884. The van der Waals surface area contributed by atoms with E-state index in [1.54, 1.807) is 0 Å². The van der Waals surface area contributed by atoms with Crippen molar-refractivity contribution in [1.29, 1.82) is 0 Å². The van der Waals surface area contributed by atoms with Crippen molar-refractivity contribution in [1.82, 2.24) is 0 Å². The Labute approximate surface area is 131 Å². The molecule has 0 aliphatic rings. The Kier molecular flexibility index (Phi) is 5.66. The first-order chi connectivity index (χ1) is 8.97. The molecular formula is C17H20BrNO. The Morgan fingerprint density at radius 2 is 1.45 bits per heavy atom. The Balaban J connectivity index is 0.00000200. The molecule has 0 aliphatic carbocycles. The Morgan fingerprint density at radius 3 is 2.05 bits per heavy atom. The third-order valence-electron chi connectivity index (χ3n) is 2.94. The maximum absolute atomic E-state index is 12.5. The van der Waals surface area contributed by atoms with E-state index in [4.69, 9.17) is 0 Å². The van der Waals surface area contributed by atoms with Crippen LogP contribution in [0.5, 0.6) is 0 Å². The predicted molar refractivity (Wildman–Crippen MR) is 78.1 cm³/mol. The minimum Gasteiger partial charge on any atom is -1.00 e. The van der Waals surface area contributed by atoms with E-state index in [1.165, 1.54) is 0 Å². The molecule has 2 rings (SSSR count). The summed E-state index contributed by atoms with van der Waals surface area (Å²) in [5.74, 6) is 0.102. The molecule has 0 aliphatic heterocycles. The molecule has 2 aromatic carbocycles. The highest BCUT2D eigenvalue weighted by molar-refractivity contribution is 6.09. The number of hydrogen-bond acceptors (Lipinski definition) is 1. The summed E-state index contributed by atoms with van der Waals surface area (Å²) in [4.78, 5) is 12.5. The number of benzene rings is 2. The van der Waals surface area contributed by atoms with Crippen LogP contribution in [0.25, 0.3) is 0 Å². The molecule has 2 nitrogen and oxygen atoms in total. The number of halogens is 1. The number of rotatable bonds is 4. The van der Waals surface area contributed by atoms with E-state index in [1.807, 2.05) is 54.6 Å². The summed E-state index contributed by atoms with van der Waals surface area (Å²) in [6.45, 7) is 0.842. The Morgan fingerprint density at radius 1 is 0.900 bits per heavy atom. The first-order valence-electron chi connectivity index (χ1n) is 6.45. The van der Waals surface area contributed by atoms with E-state index in [0.717, 1.165) is 27.7 Å². The van der Waals surface area contributed by atoms with Gasteiger partial charge in [0.05, 0.1) is 21.1 Å². The van der Waals surface area contributed by atoms with Crippen LogP contribution in [0.4, 0.5) is 0 Å². The summed E-state index contributed by atoms with van der Waals surface area (Å²) in [7, 11) is 6.39. The summed E-state index contributed by atoms with van der Waals surface area (Å²) in [5, 5.41) is 0. The van der Waals surface area contributed by atoms with Crippen LogP contribution in [0.15, 0.2) is 54.6 Å². The molecular weight excluding hydrogens is 314 g/mol. The molecule has 0 saturated carbocycles. The molecule has 3 heteroatoms. The first kappa shape index (κ1) is 16.6. The summed E-state index contributed by atoms with van der Waals surface area (Å²) < 4.78 is 0.805. The second-order valence-corrected chi connectivity index (χ2v) is 5.80. The van der Waals surface area contributed by atoms with Gasteiger partial charge in [-0.1, -0.05) is 54.6 Å². The lowest BCUT2D eigenvalue weighted by atomic mass is 9.98. The van der Waals surface area contributed by atoms with Gasteiger partial charge in [-0.3, -0.25) is 4.79 Å². The molecule has 0 atom stereocenters. The van der Waals surface area contributed by atoms with Gasteiger partial charge in [0.15, 0.2) is 5.78 Å². The van der Waals surface area contributed by atoms with E-state index in [0.29, 0.717) is 0 Å². The largest absolute Gasteiger partial charge is 1.00 e. The van der Waals surface area contributed by atoms with Gasteiger partial charge in [-0.05, 0) is 0 Å². The highest BCUT2D eigenvalue weighted by atomic mass is 79.9. The smallest absolute Gasteiger partial charge is 0.193 e. The molecule has 0 unspecified atom stereocenters. The third-order valence-corrected chi connectivity index (χ3v) is 2.94. The van der Waals surface area contributed by atoms with Gasteiger partial charge >= 0.3 is 0 Å². The summed E-state index contributed by atoms with van der Waals surface area (Å²) in [6.07, 6.45) is 0. The molecule has 0 N–H and O–H groups in total. The van der Waals surface area contributed by atoms with Crippen molar-refractivity contribution in [2.45, 2.75) is 6.54 Å². The average molecular weight is 334 g/mol. The summed E-state index contributed by atoms with van der Waals surface area (Å²) in [5.41, 5.74) is 2.65. The SMILES string of the molecule is C[N+](C)(C)Cc1ccccc1C(=O)c1ccccc1.[Br-]. The van der Waals surface area contributed by atoms with Crippen LogP contribution in [0.2, 0.25) is 0 Å². The maximum Gasteiger partial charge on any atom is 0.193 e. The highest BCUT2D eigenvalue weighted by Gasteiger charge is 2.17. The molecule has 106 valence electrons. The number of quaternary nitrogens is 1.